The van der Waals surface area contributed by atoms with Gasteiger partial charge in [0.25, 0.3) is 0 Å². The number of halogens is 1. The van der Waals surface area contributed by atoms with E-state index in [1.165, 1.54) is 11.1 Å². The van der Waals surface area contributed by atoms with Crippen molar-refractivity contribution in [2.24, 2.45) is 5.41 Å². The lowest BCUT2D eigenvalue weighted by molar-refractivity contribution is -0.144. The van der Waals surface area contributed by atoms with Gasteiger partial charge in [0.15, 0.2) is 0 Å². The fourth-order valence-corrected chi connectivity index (χ4v) is 8.99. The molecule has 15 nitrogen and oxygen atoms in total. The number of hydrogen-bond acceptors (Lipinski definition) is 11. The van der Waals surface area contributed by atoms with Gasteiger partial charge < -0.3 is 36.4 Å². The van der Waals surface area contributed by atoms with Gasteiger partial charge in [0.1, 0.15) is 17.8 Å². The lowest BCUT2D eigenvalue weighted by Gasteiger charge is -2.36. The molecule has 0 aliphatic carbocycles. The second kappa shape index (κ2) is 21.2. The average molecular weight is 916 g/mol. The number of rotatable bonds is 12. The Balaban J connectivity index is 0.896. The number of urea groups is 1. The number of carbonyl (C=O) groups is 4. The molecule has 0 spiro atoms. The van der Waals surface area contributed by atoms with Crippen molar-refractivity contribution in [2.45, 2.75) is 84.2 Å². The predicted molar refractivity (Wildman–Crippen MR) is 249 cm³/mol. The molecular formula is C49H54FN9O6S. The molecule has 344 valence electrons. The molecule has 0 bridgehead atoms. The van der Waals surface area contributed by atoms with E-state index in [0.717, 1.165) is 57.9 Å². The van der Waals surface area contributed by atoms with Crippen molar-refractivity contribution in [2.75, 3.05) is 36.8 Å². The maximum Gasteiger partial charge on any atom is 0.323 e. The van der Waals surface area contributed by atoms with Gasteiger partial charge in [0.05, 0.1) is 41.0 Å². The highest BCUT2D eigenvalue weighted by Gasteiger charge is 2.44. The summed E-state index contributed by atoms with van der Waals surface area (Å²) in [7, 11) is 0. The molecule has 5 amide bonds. The molecule has 5 aromatic rings. The number of benzene rings is 2. The van der Waals surface area contributed by atoms with Gasteiger partial charge in [0.2, 0.25) is 23.7 Å². The molecule has 3 atom stereocenters. The lowest BCUT2D eigenvalue weighted by Crippen LogP contribution is -2.58. The number of aromatic nitrogens is 3. The van der Waals surface area contributed by atoms with Gasteiger partial charge in [-0.1, -0.05) is 63.1 Å². The fraction of sp³-hybridized carbons (Fsp3) is 0.367. The Kier molecular flexibility index (Phi) is 15.2. The number of carbonyl (C=O) groups excluding carboxylic acids is 4. The van der Waals surface area contributed by atoms with Crippen LogP contribution in [0.2, 0.25) is 0 Å². The molecule has 17 heteroatoms. The number of pyridine rings is 2. The number of anilines is 2. The van der Waals surface area contributed by atoms with Crippen molar-refractivity contribution in [3.05, 3.63) is 124 Å². The van der Waals surface area contributed by atoms with E-state index in [1.54, 1.807) is 23.5 Å². The van der Waals surface area contributed by atoms with Crippen molar-refractivity contribution >= 4 is 46.5 Å². The van der Waals surface area contributed by atoms with Crippen molar-refractivity contribution in [1.29, 1.82) is 0 Å². The van der Waals surface area contributed by atoms with Crippen LogP contribution in [0.25, 0.3) is 10.4 Å². The van der Waals surface area contributed by atoms with E-state index in [1.807, 2.05) is 75.7 Å². The minimum atomic E-state index is -0.922. The van der Waals surface area contributed by atoms with E-state index >= 15 is 0 Å². The molecule has 3 aromatic heterocycles. The first-order valence-electron chi connectivity index (χ1n) is 21.8. The molecule has 2 saturated heterocycles. The Morgan fingerprint density at radius 2 is 1.74 bits per heavy atom. The Morgan fingerprint density at radius 1 is 0.970 bits per heavy atom. The first kappa shape index (κ1) is 47.4. The summed E-state index contributed by atoms with van der Waals surface area (Å²) >= 11 is 1.57. The van der Waals surface area contributed by atoms with Gasteiger partial charge in [-0.15, -0.1) is 11.3 Å². The molecular weight excluding hydrogens is 862 g/mol. The van der Waals surface area contributed by atoms with Crippen LogP contribution in [0.15, 0.2) is 84.6 Å². The maximum absolute atomic E-state index is 14.2. The van der Waals surface area contributed by atoms with Gasteiger partial charge in [-0.2, -0.15) is 4.39 Å². The fourth-order valence-electron chi connectivity index (χ4n) is 8.18. The Labute approximate surface area is 387 Å². The molecule has 2 aromatic carbocycles. The molecule has 6 N–H and O–H groups in total. The molecule has 5 heterocycles. The number of thiazole rings is 1. The smallest absolute Gasteiger partial charge is 0.323 e. The van der Waals surface area contributed by atoms with Crippen LogP contribution in [-0.4, -0.2) is 103 Å². The zero-order valence-electron chi connectivity index (χ0n) is 37.3. The second-order valence-electron chi connectivity index (χ2n) is 17.7. The third-order valence-corrected chi connectivity index (χ3v) is 12.7. The number of aliphatic hydroxyl groups excluding tert-OH is 2. The normalized spacial score (nSPS) is 17.0. The van der Waals surface area contributed by atoms with E-state index in [0.29, 0.717) is 24.5 Å². The van der Waals surface area contributed by atoms with Crippen molar-refractivity contribution in [3.63, 3.8) is 0 Å². The number of nitrogens with one attached hydrogen (secondary N) is 4. The number of hydrogen-bond donors (Lipinski definition) is 6. The summed E-state index contributed by atoms with van der Waals surface area (Å²) in [5.41, 5.74) is 7.16. The van der Waals surface area contributed by atoms with Crippen LogP contribution in [0.3, 0.4) is 0 Å². The SMILES string of the molecule is Cc1ncsc1-c1ccc(CNC(=O)[C@@H]2C[C@@H](O)CN2C(=O)[C@@H](NC(=O)CN2CCC(c3cccc(C#Cc4cc(NC(=O)Nc5cc(F)ncc5CO)ccn4)c3)CC2)C(C)(C)C)cc1. The van der Waals surface area contributed by atoms with Crippen molar-refractivity contribution in [3.8, 4) is 22.3 Å². The number of β-amino-alcohol motifs (C(OH)–C–C–N with tert-alkyl or cyclic N) is 1. The minimum Gasteiger partial charge on any atom is -0.392 e. The zero-order valence-corrected chi connectivity index (χ0v) is 38.1. The van der Waals surface area contributed by atoms with E-state index in [4.69, 9.17) is 0 Å². The first-order valence-corrected chi connectivity index (χ1v) is 22.7. The van der Waals surface area contributed by atoms with Gasteiger partial charge in [0, 0.05) is 54.8 Å². The van der Waals surface area contributed by atoms with Crippen LogP contribution >= 0.6 is 11.3 Å². The molecule has 2 fully saturated rings. The summed E-state index contributed by atoms with van der Waals surface area (Å²) in [4.78, 5) is 70.6. The van der Waals surface area contributed by atoms with Gasteiger partial charge >= 0.3 is 6.03 Å². The molecule has 2 aliphatic rings. The molecule has 0 saturated carbocycles. The first-order chi connectivity index (χ1) is 31.6. The highest BCUT2D eigenvalue weighted by Crippen LogP contribution is 2.30. The van der Waals surface area contributed by atoms with Crippen molar-refractivity contribution < 1.29 is 33.8 Å². The Bertz CT molecular complexity index is 2620. The largest absolute Gasteiger partial charge is 0.392 e. The quantitative estimate of drug-likeness (QED) is 0.0679. The molecule has 2 aliphatic heterocycles. The highest BCUT2D eigenvalue weighted by molar-refractivity contribution is 7.13. The number of nitrogens with zero attached hydrogens (tertiary/aromatic N) is 5. The Hall–Kier alpha value is -6.58. The topological polar surface area (TPSA) is 202 Å². The van der Waals surface area contributed by atoms with Gasteiger partial charge in [-0.05, 0) is 91.1 Å². The molecule has 0 radical (unpaired) electrons. The van der Waals surface area contributed by atoms with Crippen LogP contribution in [-0.2, 0) is 27.5 Å². The average Bonchev–Trinajstić information content (AvgIpc) is 3.91. The summed E-state index contributed by atoms with van der Waals surface area (Å²) in [5, 5.41) is 31.3. The summed E-state index contributed by atoms with van der Waals surface area (Å²) in [6.07, 6.45) is 3.53. The number of aliphatic hydroxyl groups is 2. The number of aryl methyl sites for hydroxylation is 1. The maximum atomic E-state index is 14.2. The van der Waals surface area contributed by atoms with Crippen molar-refractivity contribution in [1.82, 2.24) is 35.4 Å². The Morgan fingerprint density at radius 3 is 2.45 bits per heavy atom. The summed E-state index contributed by atoms with van der Waals surface area (Å²) in [6.45, 7) is 8.87. The summed E-state index contributed by atoms with van der Waals surface area (Å²) in [5.74, 6) is 4.61. The highest BCUT2D eigenvalue weighted by atomic mass is 32.1. The predicted octanol–water partition coefficient (Wildman–Crippen LogP) is 5.57. The van der Waals surface area contributed by atoms with E-state index < -0.39 is 48.1 Å². The van der Waals surface area contributed by atoms with Crippen LogP contribution in [0, 0.1) is 30.1 Å². The van der Waals surface area contributed by atoms with Crippen LogP contribution < -0.4 is 21.3 Å². The lowest BCUT2D eigenvalue weighted by atomic mass is 9.85. The number of likely N-dealkylation sites (tertiary alicyclic amines) is 2. The molecule has 0 unspecified atom stereocenters. The van der Waals surface area contributed by atoms with Crippen LogP contribution in [0.1, 0.15) is 79.6 Å². The summed E-state index contributed by atoms with van der Waals surface area (Å²) < 4.78 is 13.6. The molecule has 66 heavy (non-hydrogen) atoms. The number of piperidine rings is 1. The van der Waals surface area contributed by atoms with E-state index in [-0.39, 0.29) is 55.0 Å². The third kappa shape index (κ3) is 12.2. The van der Waals surface area contributed by atoms with Gasteiger partial charge in [-0.25, -0.2) is 19.7 Å². The van der Waals surface area contributed by atoms with E-state index in [9.17, 15) is 33.8 Å². The zero-order chi connectivity index (χ0) is 47.0. The standard InChI is InChI=1S/C49H54FN9O6S/c1-30-44(66-29-54-30)34-11-8-32(9-12-34)24-53-46(63)41-22-39(61)26-59(41)47(64)45(49(2,3)4)57-43(62)27-58-18-15-33(16-19-58)35-7-5-6-31(20-35)10-13-37-21-38(14-17-51-37)55-48(65)56-40-23-42(50)52-25-36(40)28-60/h5-9,11-12,14,17,20-21,23,25,29,33,39,41,45,60-61H,15-16,18-19,22,24,26-28H2,1-4H3,(H,53,63)(H,57,62)(H2,51,52,55,56,65)/t39-,41+,45-/m1/s1. The minimum absolute atomic E-state index is 0.00297. The third-order valence-electron chi connectivity index (χ3n) is 11.7. The second-order valence-corrected chi connectivity index (χ2v) is 18.6. The van der Waals surface area contributed by atoms with Crippen LogP contribution in [0.5, 0.6) is 0 Å². The van der Waals surface area contributed by atoms with Crippen LogP contribution in [0.4, 0.5) is 20.6 Å². The van der Waals surface area contributed by atoms with Gasteiger partial charge in [-0.3, -0.25) is 19.3 Å². The monoisotopic (exact) mass is 915 g/mol. The molecule has 7 rings (SSSR count). The van der Waals surface area contributed by atoms with E-state index in [2.05, 4.69) is 59.0 Å². The number of amides is 5. The summed E-state index contributed by atoms with van der Waals surface area (Å²) in [6, 6.07) is 17.7.